The van der Waals surface area contributed by atoms with E-state index in [0.29, 0.717) is 0 Å². The molecule has 0 heterocycles. The first-order chi connectivity index (χ1) is 9.15. The molecular formula is C14H18FNO2S. The molecule has 3 nitrogen and oxygen atoms in total. The van der Waals surface area contributed by atoms with Crippen LogP contribution in [0.15, 0.2) is 29.2 Å². The number of benzene rings is 1. The molecule has 0 aliphatic heterocycles. The zero-order chi connectivity index (χ0) is 13.7. The van der Waals surface area contributed by atoms with Crippen molar-refractivity contribution in [3.05, 3.63) is 30.1 Å². The minimum absolute atomic E-state index is 0.0831. The predicted molar refractivity (Wildman–Crippen MR) is 73.5 cm³/mol. The molecule has 5 heteroatoms. The third-order valence-corrected chi connectivity index (χ3v) is 4.27. The largest absolute Gasteiger partial charge is 0.391 e. The smallest absolute Gasteiger partial charge is 0.230 e. The van der Waals surface area contributed by atoms with Gasteiger partial charge in [-0.25, -0.2) is 4.39 Å². The maximum Gasteiger partial charge on any atom is 0.230 e. The lowest BCUT2D eigenvalue weighted by molar-refractivity contribution is -0.120. The number of thioether (sulfide) groups is 1. The van der Waals surface area contributed by atoms with Crippen molar-refractivity contribution in [2.24, 2.45) is 0 Å². The Kier molecular flexibility index (Phi) is 5.22. The van der Waals surface area contributed by atoms with Gasteiger partial charge in [0, 0.05) is 4.90 Å². The van der Waals surface area contributed by atoms with Crippen LogP contribution in [0.1, 0.15) is 25.7 Å². The highest BCUT2D eigenvalue weighted by Gasteiger charge is 2.24. The summed E-state index contributed by atoms with van der Waals surface area (Å²) < 4.78 is 12.7. The fraction of sp³-hybridized carbons (Fsp3) is 0.500. The van der Waals surface area contributed by atoms with Gasteiger partial charge in [-0.3, -0.25) is 4.79 Å². The first-order valence-electron chi connectivity index (χ1n) is 6.51. The number of rotatable bonds is 4. The van der Waals surface area contributed by atoms with Crippen molar-refractivity contribution in [3.8, 4) is 0 Å². The molecule has 0 saturated heterocycles. The highest BCUT2D eigenvalue weighted by atomic mass is 32.2. The zero-order valence-electron chi connectivity index (χ0n) is 10.6. The summed E-state index contributed by atoms with van der Waals surface area (Å²) in [5, 5.41) is 12.6. The van der Waals surface area contributed by atoms with Gasteiger partial charge >= 0.3 is 0 Å². The molecule has 0 spiro atoms. The Morgan fingerprint density at radius 2 is 2.00 bits per heavy atom. The summed E-state index contributed by atoms with van der Waals surface area (Å²) in [6, 6.07) is 5.96. The molecule has 0 unspecified atom stereocenters. The van der Waals surface area contributed by atoms with E-state index < -0.39 is 6.10 Å². The number of amides is 1. The second-order valence-electron chi connectivity index (χ2n) is 4.77. The second kappa shape index (κ2) is 6.91. The molecule has 1 amide bonds. The molecular weight excluding hydrogens is 265 g/mol. The Balaban J connectivity index is 1.76. The number of aliphatic hydroxyl groups excluding tert-OH is 1. The van der Waals surface area contributed by atoms with Crippen molar-refractivity contribution in [1.82, 2.24) is 5.32 Å². The van der Waals surface area contributed by atoms with Gasteiger partial charge < -0.3 is 10.4 Å². The number of hydrogen-bond donors (Lipinski definition) is 2. The third kappa shape index (κ3) is 4.51. The number of halogens is 1. The number of hydrogen-bond acceptors (Lipinski definition) is 3. The summed E-state index contributed by atoms with van der Waals surface area (Å²) in [6.45, 7) is 0. The molecule has 1 aliphatic carbocycles. The average molecular weight is 283 g/mol. The van der Waals surface area contributed by atoms with Crippen molar-refractivity contribution >= 4 is 17.7 Å². The van der Waals surface area contributed by atoms with E-state index in [0.717, 1.165) is 30.6 Å². The summed E-state index contributed by atoms with van der Waals surface area (Å²) in [5.41, 5.74) is 0. The fourth-order valence-electron chi connectivity index (χ4n) is 2.21. The highest BCUT2D eigenvalue weighted by Crippen LogP contribution is 2.20. The van der Waals surface area contributed by atoms with Crippen LogP contribution in [0, 0.1) is 5.82 Å². The maximum atomic E-state index is 12.7. The molecule has 0 bridgehead atoms. The first-order valence-corrected chi connectivity index (χ1v) is 7.49. The molecule has 2 N–H and O–H groups in total. The molecule has 2 rings (SSSR count). The van der Waals surface area contributed by atoms with Gasteiger partial charge in [0.15, 0.2) is 0 Å². The van der Waals surface area contributed by atoms with E-state index in [1.165, 1.54) is 23.9 Å². The van der Waals surface area contributed by atoms with Crippen LogP contribution in [-0.2, 0) is 4.79 Å². The Labute approximate surface area is 116 Å². The number of nitrogens with one attached hydrogen (secondary N) is 1. The van der Waals surface area contributed by atoms with Gasteiger partial charge in [0.2, 0.25) is 5.91 Å². The van der Waals surface area contributed by atoms with Crippen LogP contribution in [-0.4, -0.2) is 28.9 Å². The lowest BCUT2D eigenvalue weighted by Gasteiger charge is -2.28. The van der Waals surface area contributed by atoms with E-state index in [1.807, 2.05) is 0 Å². The molecule has 1 aromatic carbocycles. The summed E-state index contributed by atoms with van der Waals surface area (Å²) in [5.74, 6) is -0.0751. The summed E-state index contributed by atoms with van der Waals surface area (Å²) in [6.07, 6.45) is 3.25. The van der Waals surface area contributed by atoms with Gasteiger partial charge in [-0.1, -0.05) is 12.8 Å². The van der Waals surface area contributed by atoms with Crippen molar-refractivity contribution in [3.63, 3.8) is 0 Å². The number of aliphatic hydroxyl groups is 1. The topological polar surface area (TPSA) is 49.3 Å². The molecule has 1 aliphatic rings. The standard InChI is InChI=1S/C14H18FNO2S/c15-10-5-7-11(8-6-10)19-9-14(18)16-12-3-1-2-4-13(12)17/h5-8,12-13,17H,1-4,9H2,(H,16,18)/t12-,13-/m1/s1. The van der Waals surface area contributed by atoms with Crippen LogP contribution in [0.5, 0.6) is 0 Å². The Morgan fingerprint density at radius 1 is 1.32 bits per heavy atom. The van der Waals surface area contributed by atoms with Crippen LogP contribution >= 0.6 is 11.8 Å². The van der Waals surface area contributed by atoms with Gasteiger partial charge in [-0.2, -0.15) is 0 Å². The summed E-state index contributed by atoms with van der Waals surface area (Å²) in [7, 11) is 0. The van der Waals surface area contributed by atoms with E-state index in [2.05, 4.69) is 5.32 Å². The van der Waals surface area contributed by atoms with E-state index in [1.54, 1.807) is 12.1 Å². The SMILES string of the molecule is O=C(CSc1ccc(F)cc1)N[C@@H]1CCCC[C@H]1O. The molecule has 0 radical (unpaired) electrons. The third-order valence-electron chi connectivity index (χ3n) is 3.26. The number of carbonyl (C=O) groups excluding carboxylic acids is 1. The molecule has 1 fully saturated rings. The quantitative estimate of drug-likeness (QED) is 0.834. The Morgan fingerprint density at radius 3 is 2.68 bits per heavy atom. The van der Waals surface area contributed by atoms with E-state index in [4.69, 9.17) is 0 Å². The predicted octanol–water partition coefficient (Wildman–Crippen LogP) is 2.34. The molecule has 104 valence electrons. The number of carbonyl (C=O) groups is 1. The molecule has 1 aromatic rings. The van der Waals surface area contributed by atoms with E-state index in [9.17, 15) is 14.3 Å². The highest BCUT2D eigenvalue weighted by molar-refractivity contribution is 8.00. The van der Waals surface area contributed by atoms with Gasteiger partial charge in [-0.05, 0) is 37.1 Å². The van der Waals surface area contributed by atoms with E-state index >= 15 is 0 Å². The monoisotopic (exact) mass is 283 g/mol. The molecule has 0 aromatic heterocycles. The minimum Gasteiger partial charge on any atom is -0.391 e. The molecule has 19 heavy (non-hydrogen) atoms. The lowest BCUT2D eigenvalue weighted by atomic mass is 9.93. The van der Waals surface area contributed by atoms with Crippen LogP contribution in [0.25, 0.3) is 0 Å². The summed E-state index contributed by atoms with van der Waals surface area (Å²) >= 11 is 1.37. The average Bonchev–Trinajstić information content (AvgIpc) is 2.41. The van der Waals surface area contributed by atoms with E-state index in [-0.39, 0.29) is 23.5 Å². The zero-order valence-corrected chi connectivity index (χ0v) is 11.5. The van der Waals surface area contributed by atoms with Crippen LogP contribution in [0.2, 0.25) is 0 Å². The summed E-state index contributed by atoms with van der Waals surface area (Å²) in [4.78, 5) is 12.6. The van der Waals surface area contributed by atoms with Gasteiger partial charge in [0.25, 0.3) is 0 Å². The van der Waals surface area contributed by atoms with Crippen molar-refractivity contribution in [2.45, 2.75) is 42.7 Å². The van der Waals surface area contributed by atoms with Crippen LogP contribution in [0.3, 0.4) is 0 Å². The maximum absolute atomic E-state index is 12.7. The molecule has 2 atom stereocenters. The first kappa shape index (κ1) is 14.3. The van der Waals surface area contributed by atoms with Gasteiger partial charge in [0.1, 0.15) is 5.82 Å². The Bertz CT molecular complexity index is 424. The Hall–Kier alpha value is -1.07. The van der Waals surface area contributed by atoms with Crippen molar-refractivity contribution in [2.75, 3.05) is 5.75 Å². The normalized spacial score (nSPS) is 23.1. The van der Waals surface area contributed by atoms with Crippen molar-refractivity contribution < 1.29 is 14.3 Å². The van der Waals surface area contributed by atoms with Crippen LogP contribution < -0.4 is 5.32 Å². The van der Waals surface area contributed by atoms with Gasteiger partial charge in [0.05, 0.1) is 17.9 Å². The fourth-order valence-corrected chi connectivity index (χ4v) is 2.92. The van der Waals surface area contributed by atoms with Crippen LogP contribution in [0.4, 0.5) is 4.39 Å². The van der Waals surface area contributed by atoms with Crippen molar-refractivity contribution in [1.29, 1.82) is 0 Å². The lowest BCUT2D eigenvalue weighted by Crippen LogP contribution is -2.45. The van der Waals surface area contributed by atoms with Gasteiger partial charge in [-0.15, -0.1) is 11.8 Å². The second-order valence-corrected chi connectivity index (χ2v) is 5.82. The minimum atomic E-state index is -0.423. The molecule has 1 saturated carbocycles.